The first kappa shape index (κ1) is 25.0. The van der Waals surface area contributed by atoms with Gasteiger partial charge in [0.15, 0.2) is 7.91 Å². The zero-order valence-electron chi connectivity index (χ0n) is 14.8. The van der Waals surface area contributed by atoms with Crippen LogP contribution in [0.3, 0.4) is 0 Å². The van der Waals surface area contributed by atoms with Crippen molar-refractivity contribution in [2.75, 3.05) is 0 Å². The second-order valence-corrected chi connectivity index (χ2v) is 9.29. The number of aromatic nitrogens is 2. The summed E-state index contributed by atoms with van der Waals surface area (Å²) < 4.78 is 11.1. The summed E-state index contributed by atoms with van der Waals surface area (Å²) in [5, 5.41) is 24.1. The van der Waals surface area contributed by atoms with Gasteiger partial charge in [-0.2, -0.15) is 9.46 Å². The molecule has 2 heterocycles. The monoisotopic (exact) mass is 553 g/mol. The third-order valence-corrected chi connectivity index (χ3v) is 6.48. The van der Waals surface area contributed by atoms with Crippen molar-refractivity contribution >= 4 is 70.3 Å². The van der Waals surface area contributed by atoms with Gasteiger partial charge in [0.25, 0.3) is 0 Å². The second kappa shape index (κ2) is 11.9. The molecule has 0 radical (unpaired) electrons. The van der Waals surface area contributed by atoms with Gasteiger partial charge in [-0.15, -0.1) is 22.7 Å². The Morgan fingerprint density at radius 1 is 0.700 bits per heavy atom. The molecule has 155 valence electrons. The van der Waals surface area contributed by atoms with Gasteiger partial charge in [0.05, 0.1) is 11.4 Å². The second-order valence-electron chi connectivity index (χ2n) is 5.41. The number of thiazole rings is 2. The topological polar surface area (TPSA) is 67.4 Å². The molecule has 0 unspecified atom stereocenters. The molecule has 0 spiro atoms. The van der Waals surface area contributed by atoms with E-state index in [0.29, 0.717) is 29.3 Å². The summed E-state index contributed by atoms with van der Waals surface area (Å²) in [6, 6.07) is 14.5. The molecule has 12 heteroatoms. The fourth-order valence-corrected chi connectivity index (χ4v) is 4.26. The van der Waals surface area contributed by atoms with E-state index >= 15 is 0 Å². The molecular weight excluding hydrogens is 542 g/mol. The van der Waals surface area contributed by atoms with Gasteiger partial charge in [-0.05, 0) is 48.7 Å². The number of hydrogen-bond donors (Lipinski definition) is 2. The molecule has 30 heavy (non-hydrogen) atoms. The van der Waals surface area contributed by atoms with Crippen molar-refractivity contribution in [2.24, 2.45) is 0 Å². The normalized spacial score (nSPS) is 9.77. The van der Waals surface area contributed by atoms with E-state index in [1.54, 1.807) is 24.3 Å². The Morgan fingerprint density at radius 3 is 1.23 bits per heavy atom. The molecule has 0 fully saturated rings. The van der Waals surface area contributed by atoms with Gasteiger partial charge in [-0.3, -0.25) is 0 Å². The summed E-state index contributed by atoms with van der Waals surface area (Å²) in [7, 11) is 0. The molecule has 0 aliphatic heterocycles. The van der Waals surface area contributed by atoms with E-state index < -0.39 is 0 Å². The summed E-state index contributed by atoms with van der Waals surface area (Å²) in [6.07, 6.45) is 0. The average molecular weight is 554 g/mol. The molecular formula is C18H12Cl2N2O3S4V. The molecule has 2 N–H and O–H groups in total. The van der Waals surface area contributed by atoms with E-state index in [9.17, 15) is 10.4 Å². The number of halogens is 2. The first-order valence-corrected chi connectivity index (χ1v) is 11.8. The summed E-state index contributed by atoms with van der Waals surface area (Å²) >= 11 is 25.0. The number of benzene rings is 2. The predicted molar refractivity (Wildman–Crippen MR) is 122 cm³/mol. The van der Waals surface area contributed by atoms with E-state index in [2.05, 4.69) is 0 Å². The minimum atomic E-state index is 0.440. The number of rotatable bonds is 2. The van der Waals surface area contributed by atoms with Gasteiger partial charge >= 0.3 is 21.0 Å². The zero-order valence-corrected chi connectivity index (χ0v) is 21.0. The van der Waals surface area contributed by atoms with Crippen LogP contribution in [0, 0.1) is 7.91 Å². The van der Waals surface area contributed by atoms with Crippen molar-refractivity contribution in [3.63, 3.8) is 0 Å². The van der Waals surface area contributed by atoms with Crippen LogP contribution >= 0.6 is 70.3 Å². The SMILES string of the molecule is On1c(-c2ccc(Cl)cc2)csc1=S.On1c(-c2ccc(Cl)cc2)csc1=S.[O]=[V]. The Bertz CT molecular complexity index is 1120. The summed E-state index contributed by atoms with van der Waals surface area (Å²) in [6.45, 7) is 0. The van der Waals surface area contributed by atoms with Gasteiger partial charge in [-0.1, -0.05) is 47.5 Å². The molecule has 0 saturated heterocycles. The first-order valence-electron chi connectivity index (χ1n) is 7.86. The quantitative estimate of drug-likeness (QED) is 0.198. The van der Waals surface area contributed by atoms with Crippen molar-refractivity contribution in [3.8, 4) is 22.5 Å². The molecule has 5 nitrogen and oxygen atoms in total. The molecule has 0 atom stereocenters. The van der Waals surface area contributed by atoms with E-state index in [4.69, 9.17) is 51.3 Å². The van der Waals surface area contributed by atoms with Crippen molar-refractivity contribution in [3.05, 3.63) is 77.2 Å². The van der Waals surface area contributed by atoms with Gasteiger partial charge in [0.2, 0.25) is 0 Å². The Kier molecular flexibility index (Phi) is 9.92. The van der Waals surface area contributed by atoms with Gasteiger partial charge in [0, 0.05) is 31.9 Å². The van der Waals surface area contributed by atoms with E-state index in [0.717, 1.165) is 38.0 Å². The van der Waals surface area contributed by atoms with E-state index in [1.807, 2.05) is 35.0 Å². The van der Waals surface area contributed by atoms with Crippen LogP contribution in [-0.2, 0) is 21.0 Å². The maximum atomic E-state index is 9.55. The maximum absolute atomic E-state index is 9.55. The Balaban J connectivity index is 0.000000197. The Hall–Kier alpha value is -1.30. The van der Waals surface area contributed by atoms with Gasteiger partial charge in [-0.25, -0.2) is 0 Å². The average Bonchev–Trinajstić information content (AvgIpc) is 3.27. The number of nitrogens with zero attached hydrogens (tertiary/aromatic N) is 2. The van der Waals surface area contributed by atoms with Crippen LogP contribution in [0.25, 0.3) is 22.5 Å². The van der Waals surface area contributed by atoms with Gasteiger partial charge < -0.3 is 10.4 Å². The van der Waals surface area contributed by atoms with Crippen LogP contribution in [0.4, 0.5) is 0 Å². The molecule has 4 aromatic rings. The molecule has 0 aliphatic rings. The van der Waals surface area contributed by atoms with Crippen molar-refractivity contribution in [1.82, 2.24) is 9.46 Å². The third kappa shape index (κ3) is 6.35. The molecule has 2 aromatic heterocycles. The van der Waals surface area contributed by atoms with E-state index in [-0.39, 0.29) is 0 Å². The fraction of sp³-hybridized carbons (Fsp3) is 0. The van der Waals surface area contributed by atoms with Crippen LogP contribution in [0.15, 0.2) is 59.3 Å². The molecule has 2 aromatic carbocycles. The Labute approximate surface area is 209 Å². The summed E-state index contributed by atoms with van der Waals surface area (Å²) in [5.41, 5.74) is 3.17. The van der Waals surface area contributed by atoms with Crippen LogP contribution in [0.5, 0.6) is 0 Å². The summed E-state index contributed by atoms with van der Waals surface area (Å²) in [5.74, 6) is 0. The number of hydrogen-bond acceptors (Lipinski definition) is 7. The van der Waals surface area contributed by atoms with Crippen LogP contribution < -0.4 is 0 Å². The summed E-state index contributed by atoms with van der Waals surface area (Å²) in [4.78, 5) is 0. The zero-order chi connectivity index (χ0) is 22.3. The first-order chi connectivity index (χ1) is 14.4. The molecule has 4 rings (SSSR count). The predicted octanol–water partition coefficient (Wildman–Crippen LogP) is 7.55. The molecule has 0 amide bonds. The van der Waals surface area contributed by atoms with Crippen molar-refractivity contribution < 1.29 is 31.5 Å². The molecule has 0 aliphatic carbocycles. The van der Waals surface area contributed by atoms with Crippen molar-refractivity contribution in [1.29, 1.82) is 0 Å². The fourth-order valence-electron chi connectivity index (χ4n) is 2.23. The molecule has 0 saturated carbocycles. The van der Waals surface area contributed by atoms with E-state index in [1.165, 1.54) is 22.7 Å². The van der Waals surface area contributed by atoms with Gasteiger partial charge in [0.1, 0.15) is 0 Å². The van der Waals surface area contributed by atoms with Crippen LogP contribution in [-0.4, -0.2) is 19.9 Å². The Morgan fingerprint density at radius 2 is 1.00 bits per heavy atom. The molecule has 0 bridgehead atoms. The standard InChI is InChI=1S/2C9H6ClNOS2.O.V/c2*10-7-3-1-6(2-4-7)8-5-14-9(13)11(8)12;;/h2*1-5,12H;;. The minimum absolute atomic E-state index is 0.440. The third-order valence-electron chi connectivity index (χ3n) is 3.62. The van der Waals surface area contributed by atoms with Crippen molar-refractivity contribution in [2.45, 2.75) is 0 Å². The van der Waals surface area contributed by atoms with Crippen LogP contribution in [0.2, 0.25) is 10.0 Å². The van der Waals surface area contributed by atoms with Crippen LogP contribution in [0.1, 0.15) is 0 Å².